The standard InChI is InChI=1S/C16H22N4S/c1-11(2)18-19-16-17-14-8-7-13(10-15(14)21-16)20-9-5-4-6-12(20)3/h7-8,10,12H,4-6,9H2,1-3H3,(H,17,19). The van der Waals surface area contributed by atoms with Crippen LogP contribution >= 0.6 is 11.3 Å². The average molecular weight is 302 g/mol. The molecule has 1 aliphatic rings. The average Bonchev–Trinajstić information content (AvgIpc) is 2.87. The first-order chi connectivity index (χ1) is 10.1. The van der Waals surface area contributed by atoms with Crippen LogP contribution in [0, 0.1) is 0 Å². The van der Waals surface area contributed by atoms with Crippen LogP contribution in [0.3, 0.4) is 0 Å². The number of rotatable bonds is 3. The van der Waals surface area contributed by atoms with E-state index in [9.17, 15) is 0 Å². The maximum Gasteiger partial charge on any atom is 0.204 e. The highest BCUT2D eigenvalue weighted by Crippen LogP contribution is 2.32. The third-order valence-corrected chi connectivity index (χ3v) is 4.80. The molecule has 1 atom stereocenters. The Morgan fingerprint density at radius 2 is 2.24 bits per heavy atom. The van der Waals surface area contributed by atoms with Gasteiger partial charge in [0, 0.05) is 24.0 Å². The zero-order valence-corrected chi connectivity index (χ0v) is 13.7. The van der Waals surface area contributed by atoms with Gasteiger partial charge in [0.05, 0.1) is 10.2 Å². The number of anilines is 2. The van der Waals surface area contributed by atoms with E-state index in [1.54, 1.807) is 11.3 Å². The van der Waals surface area contributed by atoms with Gasteiger partial charge >= 0.3 is 0 Å². The minimum Gasteiger partial charge on any atom is -0.369 e. The number of piperidine rings is 1. The number of aromatic nitrogens is 1. The normalized spacial score (nSPS) is 18.8. The first kappa shape index (κ1) is 14.3. The lowest BCUT2D eigenvalue weighted by atomic mass is 10.0. The van der Waals surface area contributed by atoms with Gasteiger partial charge < -0.3 is 4.90 Å². The third-order valence-electron chi connectivity index (χ3n) is 3.88. The predicted octanol–water partition coefficient (Wildman–Crippen LogP) is 4.48. The molecule has 1 aliphatic heterocycles. The van der Waals surface area contributed by atoms with E-state index >= 15 is 0 Å². The van der Waals surface area contributed by atoms with Gasteiger partial charge in [-0.2, -0.15) is 5.10 Å². The largest absolute Gasteiger partial charge is 0.369 e. The van der Waals surface area contributed by atoms with E-state index in [0.29, 0.717) is 6.04 Å². The van der Waals surface area contributed by atoms with E-state index in [1.807, 2.05) is 13.8 Å². The molecule has 5 heteroatoms. The van der Waals surface area contributed by atoms with Crippen LogP contribution in [-0.2, 0) is 0 Å². The summed E-state index contributed by atoms with van der Waals surface area (Å²) in [5, 5.41) is 5.08. The summed E-state index contributed by atoms with van der Waals surface area (Å²) in [5.74, 6) is 0. The molecule has 0 bridgehead atoms. The Morgan fingerprint density at radius 3 is 3.00 bits per heavy atom. The summed E-state index contributed by atoms with van der Waals surface area (Å²) in [7, 11) is 0. The van der Waals surface area contributed by atoms with Crippen molar-refractivity contribution in [3.8, 4) is 0 Å². The Hall–Kier alpha value is -1.62. The van der Waals surface area contributed by atoms with Crippen molar-refractivity contribution < 1.29 is 0 Å². The number of thiazole rings is 1. The van der Waals surface area contributed by atoms with Crippen molar-refractivity contribution in [3.05, 3.63) is 18.2 Å². The minimum absolute atomic E-state index is 0.633. The molecule has 3 rings (SSSR count). The van der Waals surface area contributed by atoms with Crippen LogP contribution in [0.25, 0.3) is 10.2 Å². The molecule has 2 heterocycles. The molecule has 0 aliphatic carbocycles. The molecule has 1 unspecified atom stereocenters. The molecule has 0 amide bonds. The van der Waals surface area contributed by atoms with E-state index in [2.05, 4.69) is 45.5 Å². The second-order valence-electron chi connectivity index (χ2n) is 5.88. The quantitative estimate of drug-likeness (QED) is 0.671. The van der Waals surface area contributed by atoms with Gasteiger partial charge in [0.15, 0.2) is 0 Å². The van der Waals surface area contributed by atoms with Crippen molar-refractivity contribution in [2.24, 2.45) is 5.10 Å². The van der Waals surface area contributed by atoms with Crippen molar-refractivity contribution in [2.75, 3.05) is 16.9 Å². The first-order valence-corrected chi connectivity index (χ1v) is 8.39. The first-order valence-electron chi connectivity index (χ1n) is 7.57. The molecular formula is C16H22N4S. The Bertz CT molecular complexity index is 657. The summed E-state index contributed by atoms with van der Waals surface area (Å²) in [6.45, 7) is 7.42. The fourth-order valence-corrected chi connectivity index (χ4v) is 3.62. The molecule has 1 aromatic heterocycles. The van der Waals surface area contributed by atoms with Crippen molar-refractivity contribution in [2.45, 2.75) is 46.1 Å². The third kappa shape index (κ3) is 3.18. The van der Waals surface area contributed by atoms with Crippen LogP contribution in [0.1, 0.15) is 40.0 Å². The van der Waals surface area contributed by atoms with Gasteiger partial charge in [0.1, 0.15) is 0 Å². The maximum atomic E-state index is 4.57. The fourth-order valence-electron chi connectivity index (χ4n) is 2.78. The highest BCUT2D eigenvalue weighted by Gasteiger charge is 2.19. The molecule has 0 spiro atoms. The zero-order valence-electron chi connectivity index (χ0n) is 12.9. The molecule has 1 fully saturated rings. The smallest absolute Gasteiger partial charge is 0.204 e. The number of nitrogens with one attached hydrogen (secondary N) is 1. The second-order valence-corrected chi connectivity index (χ2v) is 6.91. The second kappa shape index (κ2) is 6.02. The Kier molecular flexibility index (Phi) is 4.10. The summed E-state index contributed by atoms with van der Waals surface area (Å²) in [6, 6.07) is 7.22. The van der Waals surface area contributed by atoms with Gasteiger partial charge in [-0.25, -0.2) is 4.98 Å². The minimum atomic E-state index is 0.633. The summed E-state index contributed by atoms with van der Waals surface area (Å²) in [6.07, 6.45) is 3.93. The predicted molar refractivity (Wildman–Crippen MR) is 92.7 cm³/mol. The van der Waals surface area contributed by atoms with Gasteiger partial charge in [0.2, 0.25) is 5.13 Å². The maximum absolute atomic E-state index is 4.57. The van der Waals surface area contributed by atoms with Crippen LogP contribution in [0.4, 0.5) is 10.8 Å². The number of hydrazone groups is 1. The van der Waals surface area contributed by atoms with Crippen molar-refractivity contribution >= 4 is 38.1 Å². The number of hydrogen-bond donors (Lipinski definition) is 1. The van der Waals surface area contributed by atoms with Crippen LogP contribution in [0.2, 0.25) is 0 Å². The van der Waals surface area contributed by atoms with E-state index in [4.69, 9.17) is 0 Å². The molecule has 1 saturated heterocycles. The Balaban J connectivity index is 1.87. The highest BCUT2D eigenvalue weighted by molar-refractivity contribution is 7.22. The molecule has 112 valence electrons. The number of nitrogens with zero attached hydrogens (tertiary/aromatic N) is 3. The highest BCUT2D eigenvalue weighted by atomic mass is 32.1. The fraction of sp³-hybridized carbons (Fsp3) is 0.500. The molecular weight excluding hydrogens is 280 g/mol. The van der Waals surface area contributed by atoms with Crippen LogP contribution < -0.4 is 10.3 Å². The lowest BCUT2D eigenvalue weighted by Gasteiger charge is -2.35. The summed E-state index contributed by atoms with van der Waals surface area (Å²) < 4.78 is 1.22. The van der Waals surface area contributed by atoms with E-state index in [-0.39, 0.29) is 0 Å². The molecule has 0 saturated carbocycles. The number of benzene rings is 1. The lowest BCUT2D eigenvalue weighted by Crippen LogP contribution is -2.37. The van der Waals surface area contributed by atoms with Crippen LogP contribution in [-0.4, -0.2) is 23.3 Å². The molecule has 2 aromatic rings. The summed E-state index contributed by atoms with van der Waals surface area (Å²) in [5.41, 5.74) is 6.38. The number of hydrogen-bond acceptors (Lipinski definition) is 5. The number of fused-ring (bicyclic) bond motifs is 1. The molecule has 4 nitrogen and oxygen atoms in total. The molecule has 1 N–H and O–H groups in total. The summed E-state index contributed by atoms with van der Waals surface area (Å²) in [4.78, 5) is 7.09. The van der Waals surface area contributed by atoms with Gasteiger partial charge in [-0.15, -0.1) is 0 Å². The Labute approximate surface area is 129 Å². The van der Waals surface area contributed by atoms with E-state index in [1.165, 1.54) is 29.6 Å². The zero-order chi connectivity index (χ0) is 14.8. The Morgan fingerprint density at radius 1 is 1.38 bits per heavy atom. The summed E-state index contributed by atoms with van der Waals surface area (Å²) >= 11 is 1.66. The van der Waals surface area contributed by atoms with Crippen LogP contribution in [0.5, 0.6) is 0 Å². The van der Waals surface area contributed by atoms with Gasteiger partial charge in [0.25, 0.3) is 0 Å². The lowest BCUT2D eigenvalue weighted by molar-refractivity contribution is 0.485. The molecule has 21 heavy (non-hydrogen) atoms. The van der Waals surface area contributed by atoms with Gasteiger partial charge in [-0.1, -0.05) is 11.3 Å². The molecule has 0 radical (unpaired) electrons. The topological polar surface area (TPSA) is 40.5 Å². The van der Waals surface area contributed by atoms with Gasteiger partial charge in [-0.05, 0) is 58.2 Å². The van der Waals surface area contributed by atoms with E-state index < -0.39 is 0 Å². The van der Waals surface area contributed by atoms with Gasteiger partial charge in [-0.3, -0.25) is 5.43 Å². The molecule has 1 aromatic carbocycles. The monoisotopic (exact) mass is 302 g/mol. The van der Waals surface area contributed by atoms with Crippen molar-refractivity contribution in [3.63, 3.8) is 0 Å². The van der Waals surface area contributed by atoms with Crippen molar-refractivity contribution in [1.29, 1.82) is 0 Å². The SMILES string of the molecule is CC(C)=NNc1nc2ccc(N3CCCCC3C)cc2s1. The van der Waals surface area contributed by atoms with Crippen molar-refractivity contribution in [1.82, 2.24) is 4.98 Å². The van der Waals surface area contributed by atoms with E-state index in [0.717, 1.165) is 22.9 Å². The van der Waals surface area contributed by atoms with Crippen LogP contribution in [0.15, 0.2) is 23.3 Å².